The Labute approximate surface area is 142 Å². The molecule has 6 nitrogen and oxygen atoms in total. The van der Waals surface area contributed by atoms with E-state index in [0.717, 1.165) is 25.7 Å². The highest BCUT2D eigenvalue weighted by molar-refractivity contribution is 5.83. The maximum absolute atomic E-state index is 12.3. The van der Waals surface area contributed by atoms with Crippen LogP contribution in [0, 0.1) is 29.6 Å². The molecule has 2 saturated carbocycles. The van der Waals surface area contributed by atoms with E-state index in [0.29, 0.717) is 12.5 Å². The molecule has 3 rings (SSSR count). The van der Waals surface area contributed by atoms with Gasteiger partial charge in [-0.05, 0) is 58.3 Å². The van der Waals surface area contributed by atoms with E-state index in [9.17, 15) is 14.4 Å². The Bertz CT molecular complexity index is 534. The number of rotatable bonds is 3. The van der Waals surface area contributed by atoms with Crippen molar-refractivity contribution in [1.29, 1.82) is 0 Å². The minimum absolute atomic E-state index is 0.0193. The van der Waals surface area contributed by atoms with Gasteiger partial charge in [-0.15, -0.1) is 0 Å². The van der Waals surface area contributed by atoms with Crippen LogP contribution in [0.3, 0.4) is 0 Å². The van der Waals surface area contributed by atoms with Crippen molar-refractivity contribution in [2.45, 2.75) is 58.6 Å². The number of Topliss-reactive ketones (excluding diaryl/α,β-unsaturated/α-hetero) is 1. The number of cyclic esters (lactones) is 1. The van der Waals surface area contributed by atoms with Gasteiger partial charge in [0.1, 0.15) is 11.9 Å². The molecule has 3 aliphatic rings. The Balaban J connectivity index is 1.74. The van der Waals surface area contributed by atoms with E-state index in [4.69, 9.17) is 9.47 Å². The smallest absolute Gasteiger partial charge is 0.407 e. The minimum atomic E-state index is -0.383. The van der Waals surface area contributed by atoms with Gasteiger partial charge in [0.15, 0.2) is 0 Å². The molecular formula is C18H27NO5. The van der Waals surface area contributed by atoms with Crippen molar-refractivity contribution in [2.24, 2.45) is 29.6 Å². The molecule has 1 N–H and O–H groups in total. The van der Waals surface area contributed by atoms with Gasteiger partial charge in [-0.1, -0.05) is 0 Å². The van der Waals surface area contributed by atoms with E-state index in [1.165, 1.54) is 0 Å². The molecule has 0 aromatic rings. The van der Waals surface area contributed by atoms with Crippen molar-refractivity contribution in [3.8, 4) is 0 Å². The van der Waals surface area contributed by atoms with Gasteiger partial charge < -0.3 is 14.8 Å². The topological polar surface area (TPSA) is 81.7 Å². The molecule has 24 heavy (non-hydrogen) atoms. The quantitative estimate of drug-likeness (QED) is 0.799. The van der Waals surface area contributed by atoms with Crippen LogP contribution in [0.4, 0.5) is 4.79 Å². The molecule has 134 valence electrons. The number of ether oxygens (including phenoxy) is 2. The molecule has 1 heterocycles. The number of esters is 1. The van der Waals surface area contributed by atoms with Crippen LogP contribution in [0.5, 0.6) is 0 Å². The Kier molecular flexibility index (Phi) is 4.83. The first-order valence-corrected chi connectivity index (χ1v) is 9.06. The third-order valence-corrected chi connectivity index (χ3v) is 6.15. The van der Waals surface area contributed by atoms with E-state index in [-0.39, 0.29) is 53.7 Å². The summed E-state index contributed by atoms with van der Waals surface area (Å²) in [4.78, 5) is 36.2. The van der Waals surface area contributed by atoms with Crippen LogP contribution in [0.25, 0.3) is 0 Å². The normalized spacial score (nSPS) is 41.0. The fraction of sp³-hybridized carbons (Fsp3) is 0.833. The highest BCUT2D eigenvalue weighted by Gasteiger charge is 2.56. The Morgan fingerprint density at radius 1 is 1.29 bits per heavy atom. The largest absolute Gasteiger partial charge is 0.462 e. The molecule has 0 radical (unpaired) electrons. The van der Waals surface area contributed by atoms with Gasteiger partial charge in [-0.3, -0.25) is 9.59 Å². The van der Waals surface area contributed by atoms with Crippen LogP contribution in [-0.2, 0) is 19.1 Å². The first-order valence-electron chi connectivity index (χ1n) is 9.06. The molecule has 0 aromatic carbocycles. The van der Waals surface area contributed by atoms with Gasteiger partial charge >= 0.3 is 12.1 Å². The molecule has 1 aliphatic heterocycles. The molecule has 7 atom stereocenters. The highest BCUT2D eigenvalue weighted by Crippen LogP contribution is 2.53. The maximum atomic E-state index is 12.3. The summed E-state index contributed by atoms with van der Waals surface area (Å²) in [6.07, 6.45) is 2.77. The number of hydrogen-bond donors (Lipinski definition) is 1. The number of fused-ring (bicyclic) bond motifs is 2. The number of alkyl carbamates (subject to hydrolysis) is 1. The van der Waals surface area contributed by atoms with Crippen molar-refractivity contribution in [3.63, 3.8) is 0 Å². The second kappa shape index (κ2) is 6.73. The first-order chi connectivity index (χ1) is 11.4. The summed E-state index contributed by atoms with van der Waals surface area (Å²) in [5.74, 6) is 0.333. The molecule has 1 amide bonds. The number of carbonyl (C=O) groups is 3. The van der Waals surface area contributed by atoms with Crippen LogP contribution in [0.2, 0.25) is 0 Å². The zero-order valence-corrected chi connectivity index (χ0v) is 14.6. The second-order valence-electron chi connectivity index (χ2n) is 7.50. The number of amides is 1. The third kappa shape index (κ3) is 3.03. The van der Waals surface area contributed by atoms with Gasteiger partial charge in [0, 0.05) is 17.9 Å². The second-order valence-corrected chi connectivity index (χ2v) is 7.50. The van der Waals surface area contributed by atoms with Crippen LogP contribution in [0.1, 0.15) is 46.5 Å². The van der Waals surface area contributed by atoms with Crippen LogP contribution < -0.4 is 5.32 Å². The van der Waals surface area contributed by atoms with Crippen molar-refractivity contribution in [2.75, 3.05) is 6.61 Å². The average molecular weight is 337 g/mol. The van der Waals surface area contributed by atoms with Gasteiger partial charge in [-0.25, -0.2) is 4.79 Å². The lowest BCUT2D eigenvalue weighted by Gasteiger charge is -2.47. The molecule has 3 fully saturated rings. The minimum Gasteiger partial charge on any atom is -0.462 e. The van der Waals surface area contributed by atoms with Crippen molar-refractivity contribution < 1.29 is 23.9 Å². The van der Waals surface area contributed by atoms with Gasteiger partial charge in [-0.2, -0.15) is 0 Å². The molecule has 0 spiro atoms. The number of hydrogen-bond acceptors (Lipinski definition) is 5. The molecular weight excluding hydrogens is 310 g/mol. The molecule has 6 heteroatoms. The summed E-state index contributed by atoms with van der Waals surface area (Å²) < 4.78 is 10.4. The zero-order valence-electron chi connectivity index (χ0n) is 14.6. The summed E-state index contributed by atoms with van der Waals surface area (Å²) in [5.41, 5.74) is 0. The van der Waals surface area contributed by atoms with Gasteiger partial charge in [0.2, 0.25) is 0 Å². The van der Waals surface area contributed by atoms with E-state index in [1.807, 2.05) is 6.92 Å². The first kappa shape index (κ1) is 17.2. The fourth-order valence-corrected chi connectivity index (χ4v) is 5.31. The number of carbonyl (C=O) groups excluding carboxylic acids is 3. The summed E-state index contributed by atoms with van der Waals surface area (Å²) in [7, 11) is 0. The SMILES string of the molecule is CCOC(=O)N[C@@H]1CC[C@@H]2[C@@H](C1)C[C@H]1C(=O)O[C@H](C)[C@H]1[C@H]2C(C)=O. The van der Waals surface area contributed by atoms with Crippen molar-refractivity contribution in [3.05, 3.63) is 0 Å². The third-order valence-electron chi connectivity index (χ3n) is 6.15. The van der Waals surface area contributed by atoms with Crippen LogP contribution in [-0.4, -0.2) is 36.6 Å². The highest BCUT2D eigenvalue weighted by atomic mass is 16.6. The summed E-state index contributed by atoms with van der Waals surface area (Å²) in [6, 6.07) is 0.0595. The Morgan fingerprint density at radius 3 is 2.71 bits per heavy atom. The van der Waals surface area contributed by atoms with Gasteiger partial charge in [0.05, 0.1) is 12.5 Å². The van der Waals surface area contributed by atoms with Crippen LogP contribution >= 0.6 is 0 Å². The lowest BCUT2D eigenvalue weighted by molar-refractivity contribution is -0.144. The zero-order chi connectivity index (χ0) is 17.4. The van der Waals surface area contributed by atoms with E-state index < -0.39 is 0 Å². The molecule has 1 saturated heterocycles. The molecule has 0 aromatic heterocycles. The summed E-state index contributed by atoms with van der Waals surface area (Å²) in [5, 5.41) is 2.91. The Hall–Kier alpha value is -1.59. The number of nitrogens with one attached hydrogen (secondary N) is 1. The Morgan fingerprint density at radius 2 is 2.04 bits per heavy atom. The van der Waals surface area contributed by atoms with E-state index in [2.05, 4.69) is 5.32 Å². The van der Waals surface area contributed by atoms with E-state index >= 15 is 0 Å². The molecule has 0 unspecified atom stereocenters. The van der Waals surface area contributed by atoms with Crippen molar-refractivity contribution in [1.82, 2.24) is 5.32 Å². The summed E-state index contributed by atoms with van der Waals surface area (Å²) >= 11 is 0. The molecule has 0 bridgehead atoms. The predicted molar refractivity (Wildman–Crippen MR) is 86.1 cm³/mol. The average Bonchev–Trinajstić information content (AvgIpc) is 2.79. The lowest BCUT2D eigenvalue weighted by atomic mass is 9.56. The van der Waals surface area contributed by atoms with E-state index in [1.54, 1.807) is 13.8 Å². The van der Waals surface area contributed by atoms with Gasteiger partial charge in [0.25, 0.3) is 0 Å². The van der Waals surface area contributed by atoms with Crippen molar-refractivity contribution >= 4 is 17.8 Å². The lowest BCUT2D eigenvalue weighted by Crippen LogP contribution is -2.50. The standard InChI is InChI=1S/C18H27NO5/c1-4-23-18(22)19-12-5-6-13-11(7-12)8-14-16(15(13)9(2)20)10(3)24-17(14)21/h10-16H,4-8H2,1-3H3,(H,19,22)/t10-,11+,12-,13-,14-,15+,16-/m1/s1. The number of ketones is 1. The fourth-order valence-electron chi connectivity index (χ4n) is 5.31. The monoisotopic (exact) mass is 337 g/mol. The summed E-state index contributed by atoms with van der Waals surface area (Å²) in [6.45, 7) is 5.68. The maximum Gasteiger partial charge on any atom is 0.407 e. The molecule has 2 aliphatic carbocycles. The predicted octanol–water partition coefficient (Wildman–Crippen LogP) is 2.30. The van der Waals surface area contributed by atoms with Crippen LogP contribution in [0.15, 0.2) is 0 Å².